The number of rotatable bonds is 7. The van der Waals surface area contributed by atoms with Crippen molar-refractivity contribution >= 4 is 8.07 Å². The smallest absolute Gasteiger partial charge is 0.451 e. The molecule has 160 valence electrons. The van der Waals surface area contributed by atoms with Crippen LogP contribution in [-0.4, -0.2) is 39.5 Å². The average Bonchev–Trinajstić information content (AvgIpc) is 3.10. The van der Waals surface area contributed by atoms with Gasteiger partial charge in [0.2, 0.25) is 5.82 Å². The number of phenolic OH excluding ortho intramolecular Hbond substituents is 1. The van der Waals surface area contributed by atoms with E-state index >= 15 is 0 Å². The van der Waals surface area contributed by atoms with E-state index in [1.807, 2.05) is 0 Å². The second kappa shape index (κ2) is 8.56. The van der Waals surface area contributed by atoms with Crippen molar-refractivity contribution in [2.24, 2.45) is 0 Å². The third-order valence-electron chi connectivity index (χ3n) is 4.32. The fourth-order valence-electron chi connectivity index (χ4n) is 2.62. The van der Waals surface area contributed by atoms with Gasteiger partial charge in [0.05, 0.1) is 5.69 Å². The molecule has 3 aromatic rings. The maximum atomic E-state index is 13.4. The van der Waals surface area contributed by atoms with Gasteiger partial charge in [-0.05, 0) is 42.4 Å². The van der Waals surface area contributed by atoms with E-state index in [-0.39, 0.29) is 18.3 Å². The molecular formula is C20H23F3N4O2Si. The van der Waals surface area contributed by atoms with E-state index in [0.717, 1.165) is 16.3 Å². The van der Waals surface area contributed by atoms with Crippen LogP contribution in [0.4, 0.5) is 13.2 Å². The Morgan fingerprint density at radius 1 is 1.03 bits per heavy atom. The number of phenols is 1. The van der Waals surface area contributed by atoms with Crippen LogP contribution in [0.25, 0.3) is 22.6 Å². The van der Waals surface area contributed by atoms with Crippen molar-refractivity contribution in [2.75, 3.05) is 6.61 Å². The molecule has 2 heterocycles. The van der Waals surface area contributed by atoms with Gasteiger partial charge in [0.15, 0.2) is 5.82 Å². The van der Waals surface area contributed by atoms with Crippen LogP contribution in [-0.2, 0) is 17.6 Å². The van der Waals surface area contributed by atoms with Crippen LogP contribution < -0.4 is 0 Å². The topological polar surface area (TPSA) is 73.1 Å². The van der Waals surface area contributed by atoms with Gasteiger partial charge in [-0.3, -0.25) is 4.98 Å². The number of benzene rings is 1. The van der Waals surface area contributed by atoms with E-state index in [2.05, 4.69) is 34.7 Å². The van der Waals surface area contributed by atoms with Crippen LogP contribution in [0.3, 0.4) is 0 Å². The first kappa shape index (κ1) is 22.0. The molecule has 0 spiro atoms. The zero-order valence-electron chi connectivity index (χ0n) is 16.9. The standard InChI is InChI=1S/C20H23F3N4O2Si/c1-30(2,3)11-10-29-13-27-19(20(21,22)23)25-18(26-27)15-6-9-17(24-12-15)14-4-7-16(28)8-5-14/h4-9,12,28H,10-11,13H2,1-3H3. The number of aromatic nitrogens is 4. The molecule has 0 fully saturated rings. The van der Waals surface area contributed by atoms with E-state index in [1.54, 1.807) is 24.3 Å². The summed E-state index contributed by atoms with van der Waals surface area (Å²) in [6.45, 7) is 6.57. The maximum absolute atomic E-state index is 13.4. The third-order valence-corrected chi connectivity index (χ3v) is 6.02. The predicted octanol–water partition coefficient (Wildman–Crippen LogP) is 5.04. The van der Waals surface area contributed by atoms with E-state index in [1.165, 1.54) is 18.3 Å². The lowest BCUT2D eigenvalue weighted by Crippen LogP contribution is -2.23. The summed E-state index contributed by atoms with van der Waals surface area (Å²) in [6.07, 6.45) is -3.22. The summed E-state index contributed by atoms with van der Waals surface area (Å²) in [5.41, 5.74) is 1.75. The molecule has 0 amide bonds. The summed E-state index contributed by atoms with van der Waals surface area (Å²) in [5.74, 6) is -1.04. The van der Waals surface area contributed by atoms with Crippen molar-refractivity contribution in [3.05, 3.63) is 48.4 Å². The van der Waals surface area contributed by atoms with Crippen LogP contribution in [0.5, 0.6) is 5.75 Å². The largest absolute Gasteiger partial charge is 0.508 e. The quantitative estimate of drug-likeness (QED) is 0.415. The maximum Gasteiger partial charge on any atom is 0.451 e. The molecule has 10 heteroatoms. The summed E-state index contributed by atoms with van der Waals surface area (Å²) >= 11 is 0. The molecule has 1 N–H and O–H groups in total. The fourth-order valence-corrected chi connectivity index (χ4v) is 3.38. The Hall–Kier alpha value is -2.72. The van der Waals surface area contributed by atoms with Crippen LogP contribution in [0.1, 0.15) is 5.82 Å². The lowest BCUT2D eigenvalue weighted by molar-refractivity contribution is -0.150. The summed E-state index contributed by atoms with van der Waals surface area (Å²) in [7, 11) is -1.34. The second-order valence-corrected chi connectivity index (χ2v) is 13.7. The molecule has 0 unspecified atom stereocenters. The first-order valence-electron chi connectivity index (χ1n) is 9.38. The molecule has 30 heavy (non-hydrogen) atoms. The number of aromatic hydroxyl groups is 1. The van der Waals surface area contributed by atoms with E-state index in [4.69, 9.17) is 4.74 Å². The van der Waals surface area contributed by atoms with Crippen molar-refractivity contribution < 1.29 is 23.0 Å². The average molecular weight is 437 g/mol. The van der Waals surface area contributed by atoms with Gasteiger partial charge in [-0.15, -0.1) is 5.10 Å². The van der Waals surface area contributed by atoms with Gasteiger partial charge in [-0.2, -0.15) is 13.2 Å². The molecule has 0 aliphatic rings. The zero-order valence-corrected chi connectivity index (χ0v) is 17.9. The third kappa shape index (κ3) is 5.67. The highest BCUT2D eigenvalue weighted by Crippen LogP contribution is 2.30. The Morgan fingerprint density at radius 2 is 1.70 bits per heavy atom. The van der Waals surface area contributed by atoms with Crippen molar-refractivity contribution in [1.29, 1.82) is 0 Å². The molecule has 6 nitrogen and oxygen atoms in total. The first-order chi connectivity index (χ1) is 14.0. The Kier molecular flexibility index (Phi) is 6.27. The van der Waals surface area contributed by atoms with Gasteiger partial charge in [0, 0.05) is 32.0 Å². The van der Waals surface area contributed by atoms with Gasteiger partial charge < -0.3 is 9.84 Å². The highest BCUT2D eigenvalue weighted by molar-refractivity contribution is 6.76. The number of hydrogen-bond acceptors (Lipinski definition) is 5. The number of nitrogens with zero attached hydrogens (tertiary/aromatic N) is 4. The lowest BCUT2D eigenvalue weighted by Gasteiger charge is -2.15. The highest BCUT2D eigenvalue weighted by Gasteiger charge is 2.38. The Labute approximate surface area is 173 Å². The minimum Gasteiger partial charge on any atom is -0.508 e. The molecule has 0 bridgehead atoms. The number of hydrogen-bond donors (Lipinski definition) is 1. The van der Waals surface area contributed by atoms with Crippen LogP contribution in [0.15, 0.2) is 42.6 Å². The molecule has 0 saturated carbocycles. The predicted molar refractivity (Wildman–Crippen MR) is 109 cm³/mol. The summed E-state index contributed by atoms with van der Waals surface area (Å²) in [4.78, 5) is 7.96. The molecule has 0 saturated heterocycles. The Balaban J connectivity index is 1.80. The van der Waals surface area contributed by atoms with Crippen LogP contribution in [0.2, 0.25) is 25.7 Å². The lowest BCUT2D eigenvalue weighted by atomic mass is 10.1. The van der Waals surface area contributed by atoms with E-state index in [0.29, 0.717) is 17.9 Å². The SMILES string of the molecule is C[Si](C)(C)CCOCn1nc(-c2ccc(-c3ccc(O)cc3)nc2)nc1C(F)(F)F. The number of pyridine rings is 1. The Morgan fingerprint density at radius 3 is 2.27 bits per heavy atom. The van der Waals surface area contributed by atoms with Gasteiger partial charge in [-0.25, -0.2) is 9.67 Å². The molecule has 0 aliphatic carbocycles. The zero-order chi connectivity index (χ0) is 21.9. The van der Waals surface area contributed by atoms with Gasteiger partial charge in [0.1, 0.15) is 12.5 Å². The van der Waals surface area contributed by atoms with Gasteiger partial charge in [0.25, 0.3) is 0 Å². The van der Waals surface area contributed by atoms with Crippen molar-refractivity contribution in [3.63, 3.8) is 0 Å². The fraction of sp³-hybridized carbons (Fsp3) is 0.350. The molecular weight excluding hydrogens is 413 g/mol. The van der Waals surface area contributed by atoms with Crippen molar-refractivity contribution in [2.45, 2.75) is 38.6 Å². The minimum absolute atomic E-state index is 0.0686. The summed E-state index contributed by atoms with van der Waals surface area (Å²) < 4.78 is 46.3. The second-order valence-electron chi connectivity index (χ2n) is 8.08. The molecule has 2 aromatic heterocycles. The number of ether oxygens (including phenoxy) is 1. The van der Waals surface area contributed by atoms with E-state index < -0.39 is 20.1 Å². The van der Waals surface area contributed by atoms with Crippen LogP contribution >= 0.6 is 0 Å². The molecule has 1 aromatic carbocycles. The Bertz CT molecular complexity index is 981. The molecule has 3 rings (SSSR count). The molecule has 0 radical (unpaired) electrons. The van der Waals surface area contributed by atoms with E-state index in [9.17, 15) is 18.3 Å². The number of halogens is 3. The summed E-state index contributed by atoms with van der Waals surface area (Å²) in [6, 6.07) is 10.6. The molecule has 0 aliphatic heterocycles. The highest BCUT2D eigenvalue weighted by atomic mass is 28.3. The monoisotopic (exact) mass is 436 g/mol. The minimum atomic E-state index is -4.65. The first-order valence-corrected chi connectivity index (χ1v) is 13.1. The summed E-state index contributed by atoms with van der Waals surface area (Å²) in [5, 5.41) is 13.4. The van der Waals surface area contributed by atoms with Crippen LogP contribution in [0, 0.1) is 0 Å². The van der Waals surface area contributed by atoms with Crippen molar-refractivity contribution in [3.8, 4) is 28.4 Å². The molecule has 0 atom stereocenters. The number of alkyl halides is 3. The van der Waals surface area contributed by atoms with Gasteiger partial charge >= 0.3 is 6.18 Å². The normalized spacial score (nSPS) is 12.3. The van der Waals surface area contributed by atoms with Gasteiger partial charge in [-0.1, -0.05) is 19.6 Å². The van der Waals surface area contributed by atoms with Crippen molar-refractivity contribution in [1.82, 2.24) is 19.7 Å².